The molecule has 5 heteroatoms. The van der Waals surface area contributed by atoms with E-state index < -0.39 is 0 Å². The van der Waals surface area contributed by atoms with Crippen LogP contribution in [-0.4, -0.2) is 16.6 Å². The third-order valence-electron chi connectivity index (χ3n) is 3.61. The van der Waals surface area contributed by atoms with Gasteiger partial charge < -0.3 is 20.0 Å². The summed E-state index contributed by atoms with van der Waals surface area (Å²) in [5.41, 5.74) is 3.76. The van der Waals surface area contributed by atoms with Crippen molar-refractivity contribution in [3.05, 3.63) is 59.7 Å². The van der Waals surface area contributed by atoms with E-state index in [0.29, 0.717) is 11.7 Å². The molecular weight excluding hydrogens is 294 g/mol. The Morgan fingerprint density at radius 2 is 2.18 bits per heavy atom. The maximum absolute atomic E-state index is 5.27. The van der Waals surface area contributed by atoms with Gasteiger partial charge in [0.2, 0.25) is 0 Å². The molecule has 0 fully saturated rings. The lowest BCUT2D eigenvalue weighted by atomic mass is 10.1. The number of fused-ring (bicyclic) bond motifs is 1. The molecule has 2 aromatic heterocycles. The van der Waals surface area contributed by atoms with Gasteiger partial charge in [0.25, 0.3) is 0 Å². The van der Waals surface area contributed by atoms with E-state index in [1.54, 1.807) is 6.26 Å². The van der Waals surface area contributed by atoms with Gasteiger partial charge in [-0.1, -0.05) is 11.6 Å². The number of H-pyrrole nitrogens is 1. The van der Waals surface area contributed by atoms with Crippen molar-refractivity contribution < 1.29 is 4.42 Å². The van der Waals surface area contributed by atoms with Crippen molar-refractivity contribution in [3.8, 4) is 0 Å². The van der Waals surface area contributed by atoms with Crippen molar-refractivity contribution in [2.24, 2.45) is 0 Å². The number of hydrogen-bond donors (Lipinski definition) is 3. The zero-order valence-corrected chi connectivity index (χ0v) is 13.3. The minimum Gasteiger partial charge on any atom is -0.467 e. The number of aromatic amines is 1. The third-order valence-corrected chi connectivity index (χ3v) is 3.89. The summed E-state index contributed by atoms with van der Waals surface area (Å²) in [6, 6.07) is 10.2. The van der Waals surface area contributed by atoms with Crippen LogP contribution in [0, 0.1) is 6.92 Å². The molecule has 3 N–H and O–H groups in total. The molecule has 2 heterocycles. The van der Waals surface area contributed by atoms with E-state index in [4.69, 9.17) is 16.6 Å². The third kappa shape index (κ3) is 3.49. The molecule has 0 spiro atoms. The van der Waals surface area contributed by atoms with Gasteiger partial charge in [0, 0.05) is 23.6 Å². The molecule has 3 aromatic rings. The van der Waals surface area contributed by atoms with E-state index >= 15 is 0 Å². The average molecular weight is 313 g/mol. The van der Waals surface area contributed by atoms with Crippen LogP contribution in [0.5, 0.6) is 0 Å². The summed E-state index contributed by atoms with van der Waals surface area (Å²) in [6.07, 6.45) is 4.66. The topological polar surface area (TPSA) is 53.0 Å². The molecule has 1 aromatic carbocycles. The minimum atomic E-state index is 0.602. The van der Waals surface area contributed by atoms with E-state index in [1.807, 2.05) is 12.1 Å². The van der Waals surface area contributed by atoms with Crippen molar-refractivity contribution in [1.82, 2.24) is 15.6 Å². The van der Waals surface area contributed by atoms with Crippen LogP contribution in [0.4, 0.5) is 0 Å². The highest BCUT2D eigenvalue weighted by molar-refractivity contribution is 7.80. The number of benzene rings is 1. The molecule has 114 valence electrons. The molecule has 22 heavy (non-hydrogen) atoms. The smallest absolute Gasteiger partial charge is 0.166 e. The predicted molar refractivity (Wildman–Crippen MR) is 92.9 cm³/mol. The van der Waals surface area contributed by atoms with Gasteiger partial charge >= 0.3 is 0 Å². The summed E-state index contributed by atoms with van der Waals surface area (Å²) in [5, 5.41) is 8.29. The van der Waals surface area contributed by atoms with Crippen LogP contribution in [0.1, 0.15) is 16.9 Å². The Morgan fingerprint density at radius 1 is 1.27 bits per heavy atom. The Morgan fingerprint density at radius 3 is 3.00 bits per heavy atom. The van der Waals surface area contributed by atoms with Gasteiger partial charge in [-0.05, 0) is 55.4 Å². The van der Waals surface area contributed by atoms with E-state index in [1.165, 1.54) is 22.0 Å². The summed E-state index contributed by atoms with van der Waals surface area (Å²) in [4.78, 5) is 3.31. The van der Waals surface area contributed by atoms with Gasteiger partial charge in [-0.2, -0.15) is 0 Å². The molecule has 0 unspecified atom stereocenters. The lowest BCUT2D eigenvalue weighted by Gasteiger charge is -2.09. The molecule has 0 atom stereocenters. The Hall–Kier alpha value is -2.27. The second kappa shape index (κ2) is 6.66. The SMILES string of the molecule is Cc1ccc2[nH]cc(CCNC(=S)NCc3ccco3)c2c1. The van der Waals surface area contributed by atoms with E-state index in [2.05, 4.69) is 46.9 Å². The molecule has 0 saturated heterocycles. The Balaban J connectivity index is 1.49. The zero-order valence-electron chi connectivity index (χ0n) is 12.5. The fourth-order valence-electron chi connectivity index (χ4n) is 2.45. The monoisotopic (exact) mass is 313 g/mol. The number of aromatic nitrogens is 1. The van der Waals surface area contributed by atoms with Crippen LogP contribution in [0.2, 0.25) is 0 Å². The molecule has 0 aliphatic carbocycles. The van der Waals surface area contributed by atoms with Gasteiger partial charge in [-0.3, -0.25) is 0 Å². The maximum Gasteiger partial charge on any atom is 0.166 e. The van der Waals surface area contributed by atoms with Crippen molar-refractivity contribution in [2.45, 2.75) is 19.9 Å². The zero-order chi connectivity index (χ0) is 15.4. The van der Waals surface area contributed by atoms with Crippen molar-refractivity contribution in [1.29, 1.82) is 0 Å². The Bertz CT molecular complexity index is 761. The summed E-state index contributed by atoms with van der Waals surface area (Å²) in [6.45, 7) is 3.51. The molecular formula is C17H19N3OS. The number of thiocarbonyl (C=S) groups is 1. The Kier molecular flexibility index (Phi) is 4.44. The van der Waals surface area contributed by atoms with Crippen LogP contribution < -0.4 is 10.6 Å². The van der Waals surface area contributed by atoms with Crippen molar-refractivity contribution in [3.63, 3.8) is 0 Å². The Labute approximate surface area is 134 Å². The summed E-state index contributed by atoms with van der Waals surface area (Å²) >= 11 is 5.27. The molecule has 4 nitrogen and oxygen atoms in total. The standard InChI is InChI=1S/C17H19N3OS/c1-12-4-5-16-15(9-12)13(10-19-16)6-7-18-17(22)20-11-14-3-2-8-21-14/h2-5,8-10,19H,6-7,11H2,1H3,(H2,18,20,22). The average Bonchev–Trinajstić information content (AvgIpc) is 3.15. The first-order chi connectivity index (χ1) is 10.7. The predicted octanol–water partition coefficient (Wildman–Crippen LogP) is 3.28. The number of furan rings is 1. The minimum absolute atomic E-state index is 0.602. The first-order valence-electron chi connectivity index (χ1n) is 7.33. The van der Waals surface area contributed by atoms with Crippen molar-refractivity contribution in [2.75, 3.05) is 6.54 Å². The number of rotatable bonds is 5. The van der Waals surface area contributed by atoms with Crippen LogP contribution >= 0.6 is 12.2 Å². The molecule has 0 amide bonds. The first kappa shape index (κ1) is 14.7. The number of hydrogen-bond acceptors (Lipinski definition) is 2. The first-order valence-corrected chi connectivity index (χ1v) is 7.74. The largest absolute Gasteiger partial charge is 0.467 e. The van der Waals surface area contributed by atoms with E-state index in [9.17, 15) is 0 Å². The highest BCUT2D eigenvalue weighted by atomic mass is 32.1. The summed E-state index contributed by atoms with van der Waals surface area (Å²) in [7, 11) is 0. The highest BCUT2D eigenvalue weighted by Crippen LogP contribution is 2.19. The molecule has 0 bridgehead atoms. The summed E-state index contributed by atoms with van der Waals surface area (Å²) < 4.78 is 5.25. The van der Waals surface area contributed by atoms with Crippen LogP contribution in [0.25, 0.3) is 10.9 Å². The van der Waals surface area contributed by atoms with Gasteiger partial charge in [0.05, 0.1) is 12.8 Å². The van der Waals surface area contributed by atoms with E-state index in [0.717, 1.165) is 18.7 Å². The summed E-state index contributed by atoms with van der Waals surface area (Å²) in [5.74, 6) is 0.872. The van der Waals surface area contributed by atoms with Gasteiger partial charge in [0.15, 0.2) is 5.11 Å². The van der Waals surface area contributed by atoms with Crippen LogP contribution in [0.15, 0.2) is 47.2 Å². The fourth-order valence-corrected chi connectivity index (χ4v) is 2.63. The second-order valence-corrected chi connectivity index (χ2v) is 5.71. The second-order valence-electron chi connectivity index (χ2n) is 5.30. The molecule has 0 aliphatic rings. The lowest BCUT2D eigenvalue weighted by molar-refractivity contribution is 0.502. The van der Waals surface area contributed by atoms with Gasteiger partial charge in [-0.15, -0.1) is 0 Å². The van der Waals surface area contributed by atoms with Gasteiger partial charge in [0.1, 0.15) is 5.76 Å². The van der Waals surface area contributed by atoms with E-state index in [-0.39, 0.29) is 0 Å². The molecule has 0 aliphatic heterocycles. The number of nitrogens with one attached hydrogen (secondary N) is 3. The van der Waals surface area contributed by atoms with Crippen LogP contribution in [0.3, 0.4) is 0 Å². The maximum atomic E-state index is 5.27. The molecule has 0 radical (unpaired) electrons. The molecule has 3 rings (SSSR count). The quantitative estimate of drug-likeness (QED) is 0.633. The van der Waals surface area contributed by atoms with Crippen molar-refractivity contribution >= 4 is 28.2 Å². The normalized spacial score (nSPS) is 10.8. The fraction of sp³-hybridized carbons (Fsp3) is 0.235. The highest BCUT2D eigenvalue weighted by Gasteiger charge is 2.04. The van der Waals surface area contributed by atoms with Gasteiger partial charge in [-0.25, -0.2) is 0 Å². The van der Waals surface area contributed by atoms with Crippen LogP contribution in [-0.2, 0) is 13.0 Å². The lowest BCUT2D eigenvalue weighted by Crippen LogP contribution is -2.35. The number of aryl methyl sites for hydroxylation is 1. The molecule has 0 saturated carbocycles.